The fourth-order valence-electron chi connectivity index (χ4n) is 3.50. The van der Waals surface area contributed by atoms with E-state index in [0.29, 0.717) is 19.8 Å². The van der Waals surface area contributed by atoms with Gasteiger partial charge < -0.3 is 9.47 Å². The Morgan fingerprint density at radius 2 is 2.04 bits per heavy atom. The van der Waals surface area contributed by atoms with Gasteiger partial charge in [-0.3, -0.25) is 14.4 Å². The molecular weight excluding hydrogens is 316 g/mol. The normalized spacial score (nSPS) is 29.5. The Hall–Kier alpha value is -2.29. The van der Waals surface area contributed by atoms with Crippen molar-refractivity contribution in [2.75, 3.05) is 31.8 Å². The molecule has 3 aliphatic rings. The highest BCUT2D eigenvalue weighted by molar-refractivity contribution is 6.25. The fraction of sp³-hybridized carbons (Fsp3) is 0.438. The lowest BCUT2D eigenvalue weighted by molar-refractivity contribution is -0.197. The number of hydrogen-bond donors (Lipinski definition) is 0. The summed E-state index contributed by atoms with van der Waals surface area (Å²) in [4.78, 5) is 44.3. The van der Waals surface area contributed by atoms with Crippen LogP contribution in [0.2, 0.25) is 0 Å². The number of amides is 2. The first-order chi connectivity index (χ1) is 11.6. The standard InChI is InChI=1S/C16H16N2O6/c1-22-16(21)9-4-2-3-5-10(9)18-14(19)12-11-8-23-7-6-17(11)24-13(12)15(18)20/h2-5,11-13H,6-8H2,1H3/t11-,12-,13-/m1/s1. The molecule has 0 radical (unpaired) electrons. The van der Waals surface area contributed by atoms with Crippen molar-refractivity contribution in [2.24, 2.45) is 5.92 Å². The molecule has 24 heavy (non-hydrogen) atoms. The Labute approximate surface area is 137 Å². The largest absolute Gasteiger partial charge is 0.465 e. The summed E-state index contributed by atoms with van der Waals surface area (Å²) < 4.78 is 10.2. The van der Waals surface area contributed by atoms with Crippen molar-refractivity contribution in [1.29, 1.82) is 0 Å². The highest BCUT2D eigenvalue weighted by Crippen LogP contribution is 2.39. The van der Waals surface area contributed by atoms with Crippen molar-refractivity contribution < 1.29 is 28.7 Å². The summed E-state index contributed by atoms with van der Waals surface area (Å²) in [6.45, 7) is 1.37. The number of anilines is 1. The number of ether oxygens (including phenoxy) is 2. The number of methoxy groups -OCH3 is 1. The van der Waals surface area contributed by atoms with Crippen LogP contribution in [0.1, 0.15) is 10.4 Å². The van der Waals surface area contributed by atoms with Gasteiger partial charge in [-0.2, -0.15) is 5.06 Å². The van der Waals surface area contributed by atoms with Gasteiger partial charge in [0.25, 0.3) is 5.91 Å². The number of hydroxylamine groups is 2. The Morgan fingerprint density at radius 1 is 1.25 bits per heavy atom. The van der Waals surface area contributed by atoms with Crippen LogP contribution >= 0.6 is 0 Å². The van der Waals surface area contributed by atoms with Crippen LogP contribution in [0.25, 0.3) is 0 Å². The molecule has 2 amide bonds. The molecule has 3 aliphatic heterocycles. The zero-order chi connectivity index (χ0) is 16.8. The van der Waals surface area contributed by atoms with Gasteiger partial charge in [-0.15, -0.1) is 0 Å². The highest BCUT2D eigenvalue weighted by Gasteiger charge is 2.60. The molecule has 8 nitrogen and oxygen atoms in total. The molecule has 4 rings (SSSR count). The number of nitrogens with zero attached hydrogens (tertiary/aromatic N) is 2. The van der Waals surface area contributed by atoms with Crippen molar-refractivity contribution in [3.8, 4) is 0 Å². The second kappa shape index (κ2) is 5.66. The lowest BCUT2D eigenvalue weighted by Crippen LogP contribution is -2.47. The molecule has 3 fully saturated rings. The van der Waals surface area contributed by atoms with Crippen LogP contribution in [-0.2, 0) is 23.9 Å². The van der Waals surface area contributed by atoms with Gasteiger partial charge in [0.2, 0.25) is 5.91 Å². The molecule has 3 heterocycles. The first-order valence-corrected chi connectivity index (χ1v) is 7.70. The first-order valence-electron chi connectivity index (χ1n) is 7.70. The van der Waals surface area contributed by atoms with Crippen molar-refractivity contribution in [2.45, 2.75) is 12.1 Å². The third-order valence-corrected chi connectivity index (χ3v) is 4.62. The molecule has 1 aromatic carbocycles. The molecule has 3 atom stereocenters. The summed E-state index contributed by atoms with van der Waals surface area (Å²) in [5.74, 6) is -2.06. The second-order valence-electron chi connectivity index (χ2n) is 5.86. The number of carbonyl (C=O) groups excluding carboxylic acids is 3. The van der Waals surface area contributed by atoms with Gasteiger partial charge >= 0.3 is 5.97 Å². The number of fused-ring (bicyclic) bond motifs is 3. The van der Waals surface area contributed by atoms with Gasteiger partial charge in [0, 0.05) is 6.54 Å². The molecule has 0 bridgehead atoms. The van der Waals surface area contributed by atoms with Gasteiger partial charge in [0.15, 0.2) is 6.10 Å². The van der Waals surface area contributed by atoms with Crippen LogP contribution in [0.4, 0.5) is 5.69 Å². The summed E-state index contributed by atoms with van der Waals surface area (Å²) in [5.41, 5.74) is 0.388. The number of imide groups is 1. The maximum atomic E-state index is 12.9. The summed E-state index contributed by atoms with van der Waals surface area (Å²) >= 11 is 0. The molecular formula is C16H16N2O6. The molecule has 0 aromatic heterocycles. The maximum absolute atomic E-state index is 12.9. The smallest absolute Gasteiger partial charge is 0.339 e. The zero-order valence-electron chi connectivity index (χ0n) is 13.0. The molecule has 0 aliphatic carbocycles. The number of morpholine rings is 1. The third kappa shape index (κ3) is 2.07. The van der Waals surface area contributed by atoms with E-state index in [0.717, 1.165) is 4.90 Å². The Balaban J connectivity index is 1.71. The van der Waals surface area contributed by atoms with Crippen LogP contribution in [0.5, 0.6) is 0 Å². The number of esters is 1. The van der Waals surface area contributed by atoms with E-state index in [1.165, 1.54) is 13.2 Å². The quantitative estimate of drug-likeness (QED) is 0.556. The Kier molecular flexibility index (Phi) is 3.60. The molecule has 0 saturated carbocycles. The summed E-state index contributed by atoms with van der Waals surface area (Å²) in [5, 5.41) is 1.66. The van der Waals surface area contributed by atoms with Crippen LogP contribution < -0.4 is 4.90 Å². The van der Waals surface area contributed by atoms with Crippen LogP contribution in [0.15, 0.2) is 24.3 Å². The average molecular weight is 332 g/mol. The van der Waals surface area contributed by atoms with Gasteiger partial charge in [0.1, 0.15) is 0 Å². The summed E-state index contributed by atoms with van der Waals surface area (Å²) in [6.07, 6.45) is -0.866. The monoisotopic (exact) mass is 332 g/mol. The van der Waals surface area contributed by atoms with Gasteiger partial charge in [-0.25, -0.2) is 9.69 Å². The lowest BCUT2D eigenvalue weighted by atomic mass is 9.97. The minimum absolute atomic E-state index is 0.165. The van der Waals surface area contributed by atoms with E-state index >= 15 is 0 Å². The molecule has 8 heteroatoms. The van der Waals surface area contributed by atoms with Crippen molar-refractivity contribution in [3.63, 3.8) is 0 Å². The lowest BCUT2D eigenvalue weighted by Gasteiger charge is -2.30. The number of carbonyl (C=O) groups is 3. The first kappa shape index (κ1) is 15.3. The zero-order valence-corrected chi connectivity index (χ0v) is 13.0. The Bertz CT molecular complexity index is 720. The highest BCUT2D eigenvalue weighted by atomic mass is 16.7. The van der Waals surface area contributed by atoms with Crippen molar-refractivity contribution in [1.82, 2.24) is 5.06 Å². The van der Waals surface area contributed by atoms with E-state index < -0.39 is 23.9 Å². The van der Waals surface area contributed by atoms with Gasteiger partial charge in [-0.05, 0) is 12.1 Å². The number of rotatable bonds is 2. The average Bonchev–Trinajstić information content (AvgIpc) is 3.11. The molecule has 0 spiro atoms. The number of benzene rings is 1. The van der Waals surface area contributed by atoms with E-state index in [-0.39, 0.29) is 23.2 Å². The van der Waals surface area contributed by atoms with Crippen LogP contribution in [-0.4, -0.2) is 61.9 Å². The number of para-hydroxylation sites is 1. The van der Waals surface area contributed by atoms with E-state index in [1.54, 1.807) is 23.3 Å². The third-order valence-electron chi connectivity index (χ3n) is 4.62. The van der Waals surface area contributed by atoms with Crippen LogP contribution in [0, 0.1) is 5.92 Å². The Morgan fingerprint density at radius 3 is 2.83 bits per heavy atom. The minimum atomic E-state index is -0.866. The molecule has 126 valence electrons. The maximum Gasteiger partial charge on any atom is 0.339 e. The second-order valence-corrected chi connectivity index (χ2v) is 5.86. The molecule has 3 saturated heterocycles. The molecule has 0 unspecified atom stereocenters. The summed E-state index contributed by atoms with van der Waals surface area (Å²) in [7, 11) is 1.25. The van der Waals surface area contributed by atoms with E-state index in [4.69, 9.17) is 14.3 Å². The predicted octanol–water partition coefficient (Wildman–Crippen LogP) is -0.0228. The van der Waals surface area contributed by atoms with E-state index in [9.17, 15) is 14.4 Å². The molecule has 0 N–H and O–H groups in total. The predicted molar refractivity (Wildman–Crippen MR) is 80.0 cm³/mol. The number of hydrogen-bond acceptors (Lipinski definition) is 7. The minimum Gasteiger partial charge on any atom is -0.465 e. The van der Waals surface area contributed by atoms with Gasteiger partial charge in [0.05, 0.1) is 43.5 Å². The fourth-order valence-corrected chi connectivity index (χ4v) is 3.50. The van der Waals surface area contributed by atoms with Crippen molar-refractivity contribution in [3.05, 3.63) is 29.8 Å². The van der Waals surface area contributed by atoms with Gasteiger partial charge in [-0.1, -0.05) is 12.1 Å². The SMILES string of the molecule is COC(=O)c1ccccc1N1C(=O)[C@@H]2[C@H]3COCCN3O[C@H]2C1=O. The molecule has 1 aromatic rings. The topological polar surface area (TPSA) is 85.4 Å². The van der Waals surface area contributed by atoms with E-state index in [1.807, 2.05) is 0 Å². The summed E-state index contributed by atoms with van der Waals surface area (Å²) in [6, 6.07) is 6.10. The van der Waals surface area contributed by atoms with Crippen LogP contribution in [0.3, 0.4) is 0 Å². The van der Waals surface area contributed by atoms with E-state index in [2.05, 4.69) is 0 Å². The van der Waals surface area contributed by atoms with Crippen molar-refractivity contribution >= 4 is 23.5 Å².